The normalized spacial score (nSPS) is 10.2. The Morgan fingerprint density at radius 2 is 2.29 bits per heavy atom. The SMILES string of the molecule is COc1ccc([N+](=O)[O-])cc1CNCCCO. The van der Waals surface area contributed by atoms with Gasteiger partial charge < -0.3 is 15.2 Å². The maximum atomic E-state index is 10.6. The lowest BCUT2D eigenvalue weighted by Gasteiger charge is -2.09. The van der Waals surface area contributed by atoms with Crippen LogP contribution in [-0.2, 0) is 6.54 Å². The van der Waals surface area contributed by atoms with E-state index in [-0.39, 0.29) is 12.3 Å². The van der Waals surface area contributed by atoms with Crippen molar-refractivity contribution in [3.63, 3.8) is 0 Å². The predicted octanol–water partition coefficient (Wildman–Crippen LogP) is 1.08. The molecule has 0 aliphatic rings. The minimum Gasteiger partial charge on any atom is -0.496 e. The molecule has 6 heteroatoms. The van der Waals surface area contributed by atoms with Crippen LogP contribution in [0.4, 0.5) is 5.69 Å². The van der Waals surface area contributed by atoms with Crippen molar-refractivity contribution in [3.8, 4) is 5.75 Å². The number of methoxy groups -OCH3 is 1. The van der Waals surface area contributed by atoms with Crippen molar-refractivity contribution in [3.05, 3.63) is 33.9 Å². The third-order valence-electron chi connectivity index (χ3n) is 2.30. The van der Waals surface area contributed by atoms with Crippen LogP contribution in [0, 0.1) is 10.1 Å². The lowest BCUT2D eigenvalue weighted by molar-refractivity contribution is -0.384. The van der Waals surface area contributed by atoms with E-state index in [0.717, 1.165) is 5.56 Å². The summed E-state index contributed by atoms with van der Waals surface area (Å²) in [6.07, 6.45) is 0.650. The number of nitrogens with one attached hydrogen (secondary N) is 1. The largest absolute Gasteiger partial charge is 0.496 e. The fourth-order valence-corrected chi connectivity index (χ4v) is 1.44. The van der Waals surface area contributed by atoms with E-state index in [1.807, 2.05) is 0 Å². The summed E-state index contributed by atoms with van der Waals surface area (Å²) in [7, 11) is 1.53. The number of non-ortho nitro benzene ring substituents is 1. The first-order valence-electron chi connectivity index (χ1n) is 5.32. The second-order valence-electron chi connectivity index (χ2n) is 3.51. The molecule has 0 atom stereocenters. The first-order chi connectivity index (χ1) is 8.19. The molecule has 17 heavy (non-hydrogen) atoms. The van der Waals surface area contributed by atoms with E-state index in [1.54, 1.807) is 6.07 Å². The van der Waals surface area contributed by atoms with Gasteiger partial charge in [0.05, 0.1) is 12.0 Å². The van der Waals surface area contributed by atoms with Crippen molar-refractivity contribution in [1.82, 2.24) is 5.32 Å². The number of rotatable bonds is 7. The first-order valence-corrected chi connectivity index (χ1v) is 5.32. The van der Waals surface area contributed by atoms with Crippen LogP contribution >= 0.6 is 0 Å². The molecule has 0 radical (unpaired) electrons. The molecule has 0 aliphatic carbocycles. The minimum atomic E-state index is -0.434. The Labute approximate surface area is 99.4 Å². The molecule has 0 saturated carbocycles. The average molecular weight is 240 g/mol. The van der Waals surface area contributed by atoms with Crippen LogP contribution in [0.5, 0.6) is 5.75 Å². The Morgan fingerprint density at radius 3 is 2.88 bits per heavy atom. The summed E-state index contributed by atoms with van der Waals surface area (Å²) in [4.78, 5) is 10.2. The summed E-state index contributed by atoms with van der Waals surface area (Å²) in [6, 6.07) is 4.49. The highest BCUT2D eigenvalue weighted by atomic mass is 16.6. The van der Waals surface area contributed by atoms with Crippen LogP contribution in [0.15, 0.2) is 18.2 Å². The maximum Gasteiger partial charge on any atom is 0.270 e. The third kappa shape index (κ3) is 4.01. The summed E-state index contributed by atoms with van der Waals surface area (Å²) in [5.74, 6) is 0.618. The molecular weight excluding hydrogens is 224 g/mol. The van der Waals surface area contributed by atoms with Crippen LogP contribution in [0.1, 0.15) is 12.0 Å². The highest BCUT2D eigenvalue weighted by Gasteiger charge is 2.10. The highest BCUT2D eigenvalue weighted by molar-refractivity contribution is 5.43. The van der Waals surface area contributed by atoms with E-state index in [0.29, 0.717) is 25.3 Å². The number of aliphatic hydroxyl groups is 1. The van der Waals surface area contributed by atoms with Crippen molar-refractivity contribution in [1.29, 1.82) is 0 Å². The van der Waals surface area contributed by atoms with E-state index < -0.39 is 4.92 Å². The van der Waals surface area contributed by atoms with Gasteiger partial charge in [-0.1, -0.05) is 0 Å². The number of aliphatic hydroxyl groups excluding tert-OH is 1. The zero-order chi connectivity index (χ0) is 12.7. The summed E-state index contributed by atoms with van der Waals surface area (Å²) < 4.78 is 5.13. The van der Waals surface area contributed by atoms with Gasteiger partial charge in [0, 0.05) is 30.8 Å². The molecule has 0 spiro atoms. The van der Waals surface area contributed by atoms with Crippen molar-refractivity contribution in [2.24, 2.45) is 0 Å². The van der Waals surface area contributed by atoms with Crippen molar-refractivity contribution < 1.29 is 14.8 Å². The second kappa shape index (κ2) is 6.82. The van der Waals surface area contributed by atoms with Crippen molar-refractivity contribution in [2.75, 3.05) is 20.3 Å². The lowest BCUT2D eigenvalue weighted by Crippen LogP contribution is -2.16. The Bertz CT molecular complexity index is 382. The highest BCUT2D eigenvalue weighted by Crippen LogP contribution is 2.23. The molecule has 0 aliphatic heterocycles. The molecule has 0 fully saturated rings. The molecule has 0 amide bonds. The molecule has 6 nitrogen and oxygen atoms in total. The van der Waals surface area contributed by atoms with Crippen molar-refractivity contribution in [2.45, 2.75) is 13.0 Å². The number of nitrogens with zero attached hydrogens (tertiary/aromatic N) is 1. The monoisotopic (exact) mass is 240 g/mol. The zero-order valence-corrected chi connectivity index (χ0v) is 9.68. The van der Waals surface area contributed by atoms with Gasteiger partial charge >= 0.3 is 0 Å². The van der Waals surface area contributed by atoms with Gasteiger partial charge in [-0.25, -0.2) is 0 Å². The van der Waals surface area contributed by atoms with E-state index in [9.17, 15) is 10.1 Å². The molecule has 1 rings (SSSR count). The Hall–Kier alpha value is -1.66. The first kappa shape index (κ1) is 13.4. The summed E-state index contributed by atoms with van der Waals surface area (Å²) in [5, 5.41) is 22.3. The quantitative estimate of drug-likeness (QED) is 0.423. The van der Waals surface area contributed by atoms with E-state index in [2.05, 4.69) is 5.32 Å². The van der Waals surface area contributed by atoms with Crippen LogP contribution in [0.2, 0.25) is 0 Å². The Balaban J connectivity index is 2.72. The lowest BCUT2D eigenvalue weighted by atomic mass is 10.1. The van der Waals surface area contributed by atoms with Crippen LogP contribution in [0.3, 0.4) is 0 Å². The van der Waals surface area contributed by atoms with Crippen LogP contribution in [0.25, 0.3) is 0 Å². The molecule has 0 bridgehead atoms. The molecule has 0 aromatic heterocycles. The molecule has 1 aromatic rings. The standard InChI is InChI=1S/C11H16N2O4/c1-17-11-4-3-10(13(15)16)7-9(11)8-12-5-2-6-14/h3-4,7,12,14H,2,5-6,8H2,1H3. The summed E-state index contributed by atoms with van der Waals surface area (Å²) in [6.45, 7) is 1.26. The van der Waals surface area contributed by atoms with Gasteiger partial charge in [-0.15, -0.1) is 0 Å². The van der Waals surface area contributed by atoms with E-state index >= 15 is 0 Å². The fraction of sp³-hybridized carbons (Fsp3) is 0.455. The molecule has 2 N–H and O–H groups in total. The molecular formula is C11H16N2O4. The molecule has 0 unspecified atom stereocenters. The molecule has 94 valence electrons. The van der Waals surface area contributed by atoms with Gasteiger partial charge in [0.15, 0.2) is 0 Å². The van der Waals surface area contributed by atoms with Gasteiger partial charge in [-0.2, -0.15) is 0 Å². The Morgan fingerprint density at radius 1 is 1.53 bits per heavy atom. The number of hydrogen-bond donors (Lipinski definition) is 2. The van der Waals surface area contributed by atoms with Gasteiger partial charge in [0.1, 0.15) is 5.75 Å². The minimum absolute atomic E-state index is 0.0461. The number of nitro benzene ring substituents is 1. The topological polar surface area (TPSA) is 84.6 Å². The third-order valence-corrected chi connectivity index (χ3v) is 2.30. The second-order valence-corrected chi connectivity index (χ2v) is 3.51. The summed E-state index contributed by atoms with van der Waals surface area (Å²) in [5.41, 5.74) is 0.782. The predicted molar refractivity (Wildman–Crippen MR) is 63.1 cm³/mol. The van der Waals surface area contributed by atoms with Gasteiger partial charge in [-0.3, -0.25) is 10.1 Å². The maximum absolute atomic E-state index is 10.6. The molecule has 1 aromatic carbocycles. The van der Waals surface area contributed by atoms with Crippen LogP contribution in [-0.4, -0.2) is 30.3 Å². The van der Waals surface area contributed by atoms with E-state index in [4.69, 9.17) is 9.84 Å². The zero-order valence-electron chi connectivity index (χ0n) is 9.68. The number of benzene rings is 1. The molecule has 0 saturated heterocycles. The smallest absolute Gasteiger partial charge is 0.270 e. The van der Waals surface area contributed by atoms with Gasteiger partial charge in [-0.05, 0) is 19.0 Å². The summed E-state index contributed by atoms with van der Waals surface area (Å²) >= 11 is 0. The van der Waals surface area contributed by atoms with E-state index in [1.165, 1.54) is 19.2 Å². The number of hydrogen-bond acceptors (Lipinski definition) is 5. The average Bonchev–Trinajstić information content (AvgIpc) is 2.34. The molecule has 0 heterocycles. The Kier molecular flexibility index (Phi) is 5.38. The van der Waals surface area contributed by atoms with Gasteiger partial charge in [0.2, 0.25) is 0 Å². The van der Waals surface area contributed by atoms with Crippen LogP contribution < -0.4 is 10.1 Å². The number of nitro groups is 1. The van der Waals surface area contributed by atoms with Crippen molar-refractivity contribution >= 4 is 5.69 Å². The fourth-order valence-electron chi connectivity index (χ4n) is 1.44. The van der Waals surface area contributed by atoms with Gasteiger partial charge in [0.25, 0.3) is 5.69 Å². The number of ether oxygens (including phenoxy) is 1.